The molecular formula is C18H17Cl2N3O5. The number of hydrogen-bond acceptors (Lipinski definition) is 5. The van der Waals surface area contributed by atoms with E-state index in [1.54, 1.807) is 5.32 Å². The molecule has 1 unspecified atom stereocenters. The van der Waals surface area contributed by atoms with Gasteiger partial charge in [-0.2, -0.15) is 0 Å². The number of halogens is 2. The molecule has 1 atom stereocenters. The lowest BCUT2D eigenvalue weighted by molar-refractivity contribution is -0.147. The summed E-state index contributed by atoms with van der Waals surface area (Å²) in [5.74, 6) is -3.07. The van der Waals surface area contributed by atoms with Gasteiger partial charge in [-0.25, -0.2) is 4.79 Å². The van der Waals surface area contributed by atoms with E-state index in [4.69, 9.17) is 28.9 Å². The summed E-state index contributed by atoms with van der Waals surface area (Å²) in [5, 5.41) is 13.2. The Labute approximate surface area is 170 Å². The molecule has 4 N–H and O–H groups in total. The fourth-order valence-electron chi connectivity index (χ4n) is 3.64. The van der Waals surface area contributed by atoms with E-state index in [0.29, 0.717) is 0 Å². The predicted octanol–water partition coefficient (Wildman–Crippen LogP) is 1.91. The molecular weight excluding hydrogens is 409 g/mol. The molecule has 28 heavy (non-hydrogen) atoms. The molecule has 0 bridgehead atoms. The largest absolute Gasteiger partial charge is 0.368 e. The normalized spacial score (nSPS) is 23.7. The molecule has 8 nitrogen and oxygen atoms in total. The SMILES string of the molecule is CC1(C)CC(=O)C2=C(C1)N(c1cc(Cl)cc(Cl)c1)C(=O)C2(O)C(=O)NC(N)=O. The summed E-state index contributed by atoms with van der Waals surface area (Å²) in [6.45, 7) is 3.65. The maximum absolute atomic E-state index is 13.2. The summed E-state index contributed by atoms with van der Waals surface area (Å²) in [4.78, 5) is 50.7. The Kier molecular flexibility index (Phi) is 4.77. The van der Waals surface area contributed by atoms with Crippen LogP contribution in [0, 0.1) is 5.41 Å². The number of ketones is 1. The van der Waals surface area contributed by atoms with Gasteiger partial charge >= 0.3 is 6.03 Å². The average Bonchev–Trinajstić information content (AvgIpc) is 2.73. The van der Waals surface area contributed by atoms with E-state index >= 15 is 0 Å². The van der Waals surface area contributed by atoms with Crippen LogP contribution in [-0.4, -0.2) is 34.3 Å². The number of anilines is 1. The van der Waals surface area contributed by atoms with Crippen molar-refractivity contribution in [2.75, 3.05) is 4.90 Å². The first-order chi connectivity index (χ1) is 12.9. The number of allylic oxidation sites excluding steroid dienone is 1. The zero-order chi connectivity index (χ0) is 21.0. The second-order valence-electron chi connectivity index (χ2n) is 7.56. The molecule has 1 heterocycles. The van der Waals surface area contributed by atoms with Gasteiger partial charge in [0, 0.05) is 22.2 Å². The lowest BCUT2D eigenvalue weighted by atomic mass is 9.73. The molecule has 1 aromatic carbocycles. The number of hydrogen-bond donors (Lipinski definition) is 3. The van der Waals surface area contributed by atoms with Crippen molar-refractivity contribution in [1.82, 2.24) is 5.32 Å². The maximum Gasteiger partial charge on any atom is 0.318 e. The first-order valence-corrected chi connectivity index (χ1v) is 9.03. The summed E-state index contributed by atoms with van der Waals surface area (Å²) in [6.07, 6.45) is 0.228. The third-order valence-corrected chi connectivity index (χ3v) is 5.10. The third kappa shape index (κ3) is 3.17. The highest BCUT2D eigenvalue weighted by atomic mass is 35.5. The highest BCUT2D eigenvalue weighted by Crippen LogP contribution is 2.48. The van der Waals surface area contributed by atoms with Crippen molar-refractivity contribution in [3.05, 3.63) is 39.5 Å². The summed E-state index contributed by atoms with van der Waals surface area (Å²) in [6, 6.07) is 3.02. The van der Waals surface area contributed by atoms with E-state index in [1.165, 1.54) is 18.2 Å². The predicted molar refractivity (Wildman–Crippen MR) is 102 cm³/mol. The number of carbonyl (C=O) groups excluding carboxylic acids is 4. The molecule has 0 saturated carbocycles. The van der Waals surface area contributed by atoms with Gasteiger partial charge in [-0.05, 0) is 30.0 Å². The Morgan fingerprint density at radius 1 is 1.14 bits per heavy atom. The third-order valence-electron chi connectivity index (χ3n) is 4.67. The molecule has 1 aliphatic heterocycles. The summed E-state index contributed by atoms with van der Waals surface area (Å²) < 4.78 is 0. The smallest absolute Gasteiger partial charge is 0.318 e. The molecule has 3 rings (SSSR count). The number of carbonyl (C=O) groups is 4. The standard InChI is InChI=1S/C18H17Cl2N3O5/c1-17(2)6-11-13(12(24)7-17)18(28,14(25)22-16(21)27)15(26)23(11)10-4-8(19)3-9(20)5-10/h3-5,28H,6-7H2,1-2H3,(H3,21,22,25,27). The molecule has 10 heteroatoms. The molecule has 0 fully saturated rings. The van der Waals surface area contributed by atoms with Gasteiger partial charge in [-0.3, -0.25) is 24.6 Å². The van der Waals surface area contributed by atoms with Gasteiger partial charge < -0.3 is 10.8 Å². The summed E-state index contributed by atoms with van der Waals surface area (Å²) in [5.41, 5.74) is 1.52. The van der Waals surface area contributed by atoms with E-state index in [0.717, 1.165) is 4.90 Å². The highest BCUT2D eigenvalue weighted by molar-refractivity contribution is 6.36. The van der Waals surface area contributed by atoms with Crippen molar-refractivity contribution in [2.45, 2.75) is 32.3 Å². The highest BCUT2D eigenvalue weighted by Gasteiger charge is 2.61. The second kappa shape index (κ2) is 6.58. The first-order valence-electron chi connectivity index (χ1n) is 8.27. The summed E-state index contributed by atoms with van der Waals surface area (Å²) in [7, 11) is 0. The minimum Gasteiger partial charge on any atom is -0.368 e. The minimum absolute atomic E-state index is 0.00934. The Bertz CT molecular complexity index is 952. The lowest BCUT2D eigenvalue weighted by Crippen LogP contribution is -2.57. The molecule has 4 amide bonds. The molecule has 0 spiro atoms. The van der Waals surface area contributed by atoms with Gasteiger partial charge in [0.15, 0.2) is 5.78 Å². The van der Waals surface area contributed by atoms with Crippen molar-refractivity contribution >= 4 is 52.5 Å². The maximum atomic E-state index is 13.2. The number of nitrogens with one attached hydrogen (secondary N) is 1. The van der Waals surface area contributed by atoms with Gasteiger partial charge in [-0.1, -0.05) is 37.0 Å². The van der Waals surface area contributed by atoms with Crippen LogP contribution in [0.15, 0.2) is 29.5 Å². The van der Waals surface area contributed by atoms with E-state index in [1.807, 2.05) is 13.8 Å². The van der Waals surface area contributed by atoms with Gasteiger partial charge in [-0.15, -0.1) is 0 Å². The monoisotopic (exact) mass is 425 g/mol. The first kappa shape index (κ1) is 20.3. The average molecular weight is 426 g/mol. The minimum atomic E-state index is -2.88. The number of Topliss-reactive ketones (excluding diaryl/α,β-unsaturated/α-hetero) is 1. The number of imide groups is 1. The fourth-order valence-corrected chi connectivity index (χ4v) is 4.15. The van der Waals surface area contributed by atoms with Gasteiger partial charge in [0.2, 0.25) is 0 Å². The van der Waals surface area contributed by atoms with E-state index in [9.17, 15) is 24.3 Å². The number of aliphatic hydroxyl groups is 1. The van der Waals surface area contributed by atoms with E-state index in [2.05, 4.69) is 0 Å². The van der Waals surface area contributed by atoms with Crippen molar-refractivity contribution in [1.29, 1.82) is 0 Å². The molecule has 0 radical (unpaired) electrons. The van der Waals surface area contributed by atoms with Crippen LogP contribution in [0.25, 0.3) is 0 Å². The molecule has 148 valence electrons. The van der Waals surface area contributed by atoms with E-state index < -0.39 is 34.6 Å². The van der Waals surface area contributed by atoms with E-state index in [-0.39, 0.29) is 39.8 Å². The lowest BCUT2D eigenvalue weighted by Gasteiger charge is -2.32. The van der Waals surface area contributed by atoms with Crippen molar-refractivity contribution in [2.24, 2.45) is 11.1 Å². The van der Waals surface area contributed by atoms with Crippen LogP contribution in [0.2, 0.25) is 10.0 Å². The number of primary amides is 1. The van der Waals surface area contributed by atoms with Crippen LogP contribution in [0.1, 0.15) is 26.7 Å². The van der Waals surface area contributed by atoms with Crippen molar-refractivity contribution in [3.8, 4) is 0 Å². The molecule has 0 aromatic heterocycles. The van der Waals surface area contributed by atoms with Crippen molar-refractivity contribution in [3.63, 3.8) is 0 Å². The number of urea groups is 1. The Morgan fingerprint density at radius 3 is 2.25 bits per heavy atom. The number of benzene rings is 1. The van der Waals surface area contributed by atoms with Crippen LogP contribution in [0.3, 0.4) is 0 Å². The number of amides is 4. The summed E-state index contributed by atoms with van der Waals surface area (Å²) >= 11 is 12.1. The van der Waals surface area contributed by atoms with Crippen LogP contribution < -0.4 is 16.0 Å². The number of nitrogens with two attached hydrogens (primary N) is 1. The van der Waals surface area contributed by atoms with Gasteiger partial charge in [0.25, 0.3) is 17.4 Å². The molecule has 2 aliphatic rings. The van der Waals surface area contributed by atoms with Gasteiger partial charge in [0.05, 0.1) is 11.3 Å². The molecule has 1 aromatic rings. The zero-order valence-electron chi connectivity index (χ0n) is 15.0. The Hall–Kier alpha value is -2.42. The van der Waals surface area contributed by atoms with Crippen LogP contribution in [0.4, 0.5) is 10.5 Å². The second-order valence-corrected chi connectivity index (χ2v) is 8.43. The zero-order valence-corrected chi connectivity index (χ0v) is 16.5. The molecule has 0 saturated heterocycles. The quantitative estimate of drug-likeness (QED) is 0.622. The number of nitrogens with zero attached hydrogens (tertiary/aromatic N) is 1. The van der Waals surface area contributed by atoms with Crippen LogP contribution in [-0.2, 0) is 14.4 Å². The van der Waals surface area contributed by atoms with Crippen LogP contribution in [0.5, 0.6) is 0 Å². The fraction of sp³-hybridized carbons (Fsp3) is 0.333. The number of rotatable bonds is 2. The van der Waals surface area contributed by atoms with Gasteiger partial charge in [0.1, 0.15) is 0 Å². The topological polar surface area (TPSA) is 130 Å². The molecule has 1 aliphatic carbocycles. The van der Waals surface area contributed by atoms with Crippen LogP contribution >= 0.6 is 23.2 Å². The van der Waals surface area contributed by atoms with Crippen molar-refractivity contribution < 1.29 is 24.3 Å². The Morgan fingerprint density at radius 2 is 1.71 bits per heavy atom. The Balaban J connectivity index is 2.24.